The molecule has 0 aromatic heterocycles. The average Bonchev–Trinajstić information content (AvgIpc) is 2.22. The van der Waals surface area contributed by atoms with Crippen LogP contribution in [0.25, 0.3) is 0 Å². The van der Waals surface area contributed by atoms with Gasteiger partial charge in [-0.05, 0) is 25.7 Å². The van der Waals surface area contributed by atoms with Crippen molar-refractivity contribution in [2.75, 3.05) is 0 Å². The summed E-state index contributed by atoms with van der Waals surface area (Å²) in [6.45, 7) is 0. The molecule has 0 aromatic rings. The van der Waals surface area contributed by atoms with Crippen LogP contribution in [0.1, 0.15) is 19.3 Å². The molecule has 0 saturated carbocycles. The van der Waals surface area contributed by atoms with Gasteiger partial charge < -0.3 is 5.32 Å². The van der Waals surface area contributed by atoms with E-state index >= 15 is 0 Å². The molecule has 2 aliphatic heterocycles. The van der Waals surface area contributed by atoms with Crippen LogP contribution in [-0.2, 0) is 0 Å². The maximum atomic E-state index is 3.47. The highest BCUT2D eigenvalue weighted by Crippen LogP contribution is 2.26. The van der Waals surface area contributed by atoms with E-state index < -0.39 is 0 Å². The second kappa shape index (κ2) is 1.22. The van der Waals surface area contributed by atoms with Crippen LogP contribution in [0.3, 0.4) is 0 Å². The van der Waals surface area contributed by atoms with Crippen LogP contribution in [-0.4, -0.2) is 12.1 Å². The molecule has 39 valence electrons. The fourth-order valence-electron chi connectivity index (χ4n) is 1.55. The minimum atomic E-state index is 0.796. The van der Waals surface area contributed by atoms with E-state index in [1.54, 1.807) is 0 Å². The predicted molar refractivity (Wildman–Crippen MR) is 28.9 cm³/mol. The first-order chi connectivity index (χ1) is 3.45. The van der Waals surface area contributed by atoms with Gasteiger partial charge >= 0.3 is 0 Å². The SMILES string of the molecule is [CH]1CC2CCC1N2. The minimum Gasteiger partial charge on any atom is -0.311 e. The summed E-state index contributed by atoms with van der Waals surface area (Å²) in [6.07, 6.45) is 6.53. The Labute approximate surface area is 44.1 Å². The minimum absolute atomic E-state index is 0.796. The fourth-order valence-corrected chi connectivity index (χ4v) is 1.55. The van der Waals surface area contributed by atoms with E-state index in [1.807, 2.05) is 0 Å². The number of nitrogens with one attached hydrogen (secondary N) is 1. The van der Waals surface area contributed by atoms with Gasteiger partial charge in [-0.2, -0.15) is 0 Å². The van der Waals surface area contributed by atoms with Crippen molar-refractivity contribution in [3.8, 4) is 0 Å². The van der Waals surface area contributed by atoms with Crippen molar-refractivity contribution in [3.05, 3.63) is 6.42 Å². The molecule has 1 nitrogen and oxygen atoms in total. The van der Waals surface area contributed by atoms with Gasteiger partial charge in [0.05, 0.1) is 0 Å². The Bertz CT molecular complexity index is 62.2. The summed E-state index contributed by atoms with van der Waals surface area (Å²) in [4.78, 5) is 0. The lowest BCUT2D eigenvalue weighted by atomic mass is 10.0. The van der Waals surface area contributed by atoms with Crippen molar-refractivity contribution in [2.45, 2.75) is 31.3 Å². The molecule has 2 rings (SSSR count). The highest BCUT2D eigenvalue weighted by Gasteiger charge is 2.29. The summed E-state index contributed by atoms with van der Waals surface area (Å²) < 4.78 is 0. The third kappa shape index (κ3) is 0.480. The third-order valence-electron chi connectivity index (χ3n) is 1.98. The number of fused-ring (bicyclic) bond motifs is 2. The Morgan fingerprint density at radius 2 is 2.43 bits per heavy atom. The summed E-state index contributed by atoms with van der Waals surface area (Å²) in [5, 5.41) is 3.47. The van der Waals surface area contributed by atoms with Crippen LogP contribution in [0, 0.1) is 6.42 Å². The molecule has 2 saturated heterocycles. The molecule has 0 amide bonds. The van der Waals surface area contributed by atoms with Crippen LogP contribution in [0.2, 0.25) is 0 Å². The zero-order chi connectivity index (χ0) is 4.69. The maximum absolute atomic E-state index is 3.47. The molecular formula is C6H10N. The Balaban J connectivity index is 2.12. The Hall–Kier alpha value is -0.0400. The highest BCUT2D eigenvalue weighted by molar-refractivity contribution is 5.02. The standard InChI is InChI=1S/C6H10N/c1-2-6-4-3-5(1)7-6/h1,5-7H,2-4H2. The quantitative estimate of drug-likeness (QED) is 0.468. The predicted octanol–water partition coefficient (Wildman–Crippen LogP) is 0.715. The monoisotopic (exact) mass is 96.1 g/mol. The van der Waals surface area contributed by atoms with Crippen molar-refractivity contribution in [3.63, 3.8) is 0 Å². The first-order valence-electron chi connectivity index (χ1n) is 3.04. The Morgan fingerprint density at radius 3 is 2.57 bits per heavy atom. The van der Waals surface area contributed by atoms with Crippen LogP contribution in [0.5, 0.6) is 0 Å². The molecule has 2 aliphatic rings. The summed E-state index contributed by atoms with van der Waals surface area (Å²) in [6, 6.07) is 1.66. The van der Waals surface area contributed by atoms with Crippen LogP contribution >= 0.6 is 0 Å². The van der Waals surface area contributed by atoms with Gasteiger partial charge in [-0.15, -0.1) is 0 Å². The molecule has 7 heavy (non-hydrogen) atoms. The molecule has 0 spiro atoms. The van der Waals surface area contributed by atoms with E-state index in [4.69, 9.17) is 0 Å². The van der Waals surface area contributed by atoms with Crippen LogP contribution in [0.4, 0.5) is 0 Å². The molecule has 1 N–H and O–H groups in total. The lowest BCUT2D eigenvalue weighted by Gasteiger charge is -2.02. The van der Waals surface area contributed by atoms with Gasteiger partial charge in [-0.1, -0.05) is 0 Å². The molecule has 2 bridgehead atoms. The van der Waals surface area contributed by atoms with Gasteiger partial charge in [0.25, 0.3) is 0 Å². The van der Waals surface area contributed by atoms with E-state index in [9.17, 15) is 0 Å². The Kier molecular flexibility index (Phi) is 0.680. The van der Waals surface area contributed by atoms with Gasteiger partial charge in [0.15, 0.2) is 0 Å². The molecule has 1 heteroatoms. The smallest absolute Gasteiger partial charge is 0.0102 e. The molecule has 0 aromatic carbocycles. The second-order valence-corrected chi connectivity index (χ2v) is 2.52. The highest BCUT2D eigenvalue weighted by atomic mass is 15.0. The van der Waals surface area contributed by atoms with E-state index in [2.05, 4.69) is 11.7 Å². The first-order valence-corrected chi connectivity index (χ1v) is 3.04. The van der Waals surface area contributed by atoms with Gasteiger partial charge in [0.2, 0.25) is 0 Å². The topological polar surface area (TPSA) is 12.0 Å². The van der Waals surface area contributed by atoms with E-state index in [-0.39, 0.29) is 0 Å². The van der Waals surface area contributed by atoms with Crippen molar-refractivity contribution in [2.24, 2.45) is 0 Å². The van der Waals surface area contributed by atoms with Crippen LogP contribution in [0.15, 0.2) is 0 Å². The maximum Gasteiger partial charge on any atom is 0.0102 e. The molecule has 2 unspecified atom stereocenters. The zero-order valence-corrected chi connectivity index (χ0v) is 4.35. The third-order valence-corrected chi connectivity index (χ3v) is 1.98. The van der Waals surface area contributed by atoms with E-state index in [0.29, 0.717) is 0 Å². The largest absolute Gasteiger partial charge is 0.311 e. The molecule has 1 radical (unpaired) electrons. The number of hydrogen-bond donors (Lipinski definition) is 1. The molecule has 2 fully saturated rings. The first kappa shape index (κ1) is 3.90. The van der Waals surface area contributed by atoms with Crippen molar-refractivity contribution in [1.82, 2.24) is 5.32 Å². The fraction of sp³-hybridized carbons (Fsp3) is 0.833. The van der Waals surface area contributed by atoms with Crippen molar-refractivity contribution in [1.29, 1.82) is 0 Å². The van der Waals surface area contributed by atoms with Gasteiger partial charge in [0.1, 0.15) is 0 Å². The average molecular weight is 96.2 g/mol. The van der Waals surface area contributed by atoms with E-state index in [0.717, 1.165) is 12.1 Å². The summed E-state index contributed by atoms with van der Waals surface area (Å²) in [5.74, 6) is 0. The van der Waals surface area contributed by atoms with Crippen molar-refractivity contribution >= 4 is 0 Å². The molecular weight excluding hydrogens is 86.1 g/mol. The van der Waals surface area contributed by atoms with Gasteiger partial charge in [-0.3, -0.25) is 0 Å². The molecule has 2 heterocycles. The molecule has 0 aliphatic carbocycles. The number of rotatable bonds is 0. The summed E-state index contributed by atoms with van der Waals surface area (Å²) in [5.41, 5.74) is 0. The molecule has 2 atom stereocenters. The summed E-state index contributed by atoms with van der Waals surface area (Å²) >= 11 is 0. The van der Waals surface area contributed by atoms with Crippen LogP contribution < -0.4 is 5.32 Å². The van der Waals surface area contributed by atoms with Gasteiger partial charge in [0, 0.05) is 12.1 Å². The number of hydrogen-bond acceptors (Lipinski definition) is 1. The van der Waals surface area contributed by atoms with Crippen molar-refractivity contribution < 1.29 is 0 Å². The van der Waals surface area contributed by atoms with Gasteiger partial charge in [-0.25, -0.2) is 0 Å². The lowest BCUT2D eigenvalue weighted by molar-refractivity contribution is 0.644. The lowest BCUT2D eigenvalue weighted by Crippen LogP contribution is -2.17. The summed E-state index contributed by atoms with van der Waals surface area (Å²) in [7, 11) is 0. The second-order valence-electron chi connectivity index (χ2n) is 2.52. The Morgan fingerprint density at radius 1 is 1.43 bits per heavy atom. The van der Waals surface area contributed by atoms with E-state index in [1.165, 1.54) is 19.3 Å². The normalized spacial score (nSPS) is 48.0. The zero-order valence-electron chi connectivity index (χ0n) is 4.35.